The summed E-state index contributed by atoms with van der Waals surface area (Å²) in [5, 5.41) is 8.47. The second kappa shape index (κ2) is 5.97. The molecule has 0 amide bonds. The number of rotatable bonds is 4. The van der Waals surface area contributed by atoms with Crippen LogP contribution < -0.4 is 0 Å². The zero-order valence-corrected chi connectivity index (χ0v) is 13.0. The van der Waals surface area contributed by atoms with E-state index in [0.29, 0.717) is 17.8 Å². The van der Waals surface area contributed by atoms with Crippen LogP contribution in [-0.2, 0) is 13.1 Å². The van der Waals surface area contributed by atoms with Crippen molar-refractivity contribution in [3.8, 4) is 0 Å². The van der Waals surface area contributed by atoms with Gasteiger partial charge in [0.2, 0.25) is 5.89 Å². The maximum atomic E-state index is 5.27. The van der Waals surface area contributed by atoms with Crippen molar-refractivity contribution in [3.63, 3.8) is 0 Å². The summed E-state index contributed by atoms with van der Waals surface area (Å²) < 4.78 is 7.39. The molecule has 114 valence electrons. The molecular weight excluding hydrogens is 266 g/mol. The van der Waals surface area contributed by atoms with Crippen molar-refractivity contribution < 1.29 is 4.52 Å². The van der Waals surface area contributed by atoms with E-state index in [1.165, 1.54) is 25.0 Å². The predicted molar refractivity (Wildman–Crippen MR) is 78.8 cm³/mol. The highest BCUT2D eigenvalue weighted by Gasteiger charge is 2.25. The van der Waals surface area contributed by atoms with Crippen molar-refractivity contribution in [2.24, 2.45) is 0 Å². The second-order valence-electron chi connectivity index (χ2n) is 5.96. The van der Waals surface area contributed by atoms with Crippen molar-refractivity contribution in [3.05, 3.63) is 29.2 Å². The van der Waals surface area contributed by atoms with Gasteiger partial charge < -0.3 is 4.52 Å². The monoisotopic (exact) mass is 289 g/mol. The number of hydrogen-bond acceptors (Lipinski definition) is 5. The molecule has 6 heteroatoms. The van der Waals surface area contributed by atoms with Gasteiger partial charge in [-0.3, -0.25) is 9.58 Å². The van der Waals surface area contributed by atoms with Crippen molar-refractivity contribution in [2.45, 2.75) is 59.2 Å². The highest BCUT2D eigenvalue weighted by molar-refractivity contribution is 5.06. The van der Waals surface area contributed by atoms with E-state index < -0.39 is 0 Å². The average molecular weight is 289 g/mol. The smallest absolute Gasteiger partial charge is 0.240 e. The summed E-state index contributed by atoms with van der Waals surface area (Å²) in [7, 11) is 0. The van der Waals surface area contributed by atoms with Gasteiger partial charge >= 0.3 is 0 Å². The SMILES string of the molecule is Cc1cc(C)n(CC2CCCCN2Cc2nc(C)no2)n1. The molecule has 1 fully saturated rings. The van der Waals surface area contributed by atoms with Gasteiger partial charge in [0.05, 0.1) is 18.8 Å². The van der Waals surface area contributed by atoms with Gasteiger partial charge in [-0.1, -0.05) is 11.6 Å². The number of piperidine rings is 1. The summed E-state index contributed by atoms with van der Waals surface area (Å²) in [6, 6.07) is 2.62. The average Bonchev–Trinajstić information content (AvgIpc) is 2.98. The third-order valence-electron chi connectivity index (χ3n) is 4.14. The Morgan fingerprint density at radius 1 is 1.29 bits per heavy atom. The third kappa shape index (κ3) is 3.32. The zero-order chi connectivity index (χ0) is 14.8. The van der Waals surface area contributed by atoms with E-state index >= 15 is 0 Å². The molecule has 0 aliphatic carbocycles. The van der Waals surface area contributed by atoms with Crippen LogP contribution in [0.1, 0.15) is 42.4 Å². The Bertz CT molecular complexity index is 603. The lowest BCUT2D eigenvalue weighted by Gasteiger charge is -2.34. The van der Waals surface area contributed by atoms with Crippen LogP contribution in [0.4, 0.5) is 0 Å². The molecule has 1 aliphatic rings. The number of aromatic nitrogens is 4. The quantitative estimate of drug-likeness (QED) is 0.864. The first-order chi connectivity index (χ1) is 10.1. The fourth-order valence-electron chi connectivity index (χ4n) is 3.11. The Morgan fingerprint density at radius 2 is 2.14 bits per heavy atom. The zero-order valence-electron chi connectivity index (χ0n) is 13.0. The molecule has 0 aromatic carbocycles. The first-order valence-electron chi connectivity index (χ1n) is 7.66. The molecule has 2 aromatic rings. The molecule has 2 aromatic heterocycles. The number of likely N-dealkylation sites (tertiary alicyclic amines) is 1. The van der Waals surface area contributed by atoms with Gasteiger partial charge in [-0.15, -0.1) is 0 Å². The van der Waals surface area contributed by atoms with Gasteiger partial charge in [0.25, 0.3) is 0 Å². The molecule has 21 heavy (non-hydrogen) atoms. The van der Waals surface area contributed by atoms with Crippen LogP contribution in [0.25, 0.3) is 0 Å². The van der Waals surface area contributed by atoms with Crippen molar-refractivity contribution >= 4 is 0 Å². The second-order valence-corrected chi connectivity index (χ2v) is 5.96. The van der Waals surface area contributed by atoms with Gasteiger partial charge in [-0.25, -0.2) is 0 Å². The lowest BCUT2D eigenvalue weighted by Crippen LogP contribution is -2.42. The Labute approximate surface area is 125 Å². The molecule has 1 atom stereocenters. The fraction of sp³-hybridized carbons (Fsp3) is 0.667. The van der Waals surface area contributed by atoms with Gasteiger partial charge in [0.1, 0.15) is 0 Å². The van der Waals surface area contributed by atoms with Crippen LogP contribution >= 0.6 is 0 Å². The summed E-state index contributed by atoms with van der Waals surface area (Å²) in [5.74, 6) is 1.42. The molecule has 1 aliphatic heterocycles. The van der Waals surface area contributed by atoms with Gasteiger partial charge in [0.15, 0.2) is 5.82 Å². The first kappa shape index (κ1) is 14.3. The third-order valence-corrected chi connectivity index (χ3v) is 4.14. The molecule has 3 heterocycles. The molecular formula is C15H23N5O. The molecule has 1 unspecified atom stereocenters. The molecule has 3 rings (SSSR count). The summed E-state index contributed by atoms with van der Waals surface area (Å²) in [4.78, 5) is 6.78. The van der Waals surface area contributed by atoms with Crippen LogP contribution in [0.5, 0.6) is 0 Å². The van der Waals surface area contributed by atoms with Crippen LogP contribution in [0, 0.1) is 20.8 Å². The maximum absolute atomic E-state index is 5.27. The summed E-state index contributed by atoms with van der Waals surface area (Å²) in [6.07, 6.45) is 3.72. The minimum atomic E-state index is 0.490. The number of nitrogens with zero attached hydrogens (tertiary/aromatic N) is 5. The van der Waals surface area contributed by atoms with E-state index in [-0.39, 0.29) is 0 Å². The Morgan fingerprint density at radius 3 is 2.81 bits per heavy atom. The minimum absolute atomic E-state index is 0.490. The summed E-state index contributed by atoms with van der Waals surface area (Å²) >= 11 is 0. The lowest BCUT2D eigenvalue weighted by molar-refractivity contribution is 0.107. The normalized spacial score (nSPS) is 20.0. The predicted octanol–water partition coefficient (Wildman–Crippen LogP) is 2.25. The van der Waals surface area contributed by atoms with Gasteiger partial charge in [0, 0.05) is 11.7 Å². The molecule has 0 bridgehead atoms. The summed E-state index contributed by atoms with van der Waals surface area (Å²) in [5.41, 5.74) is 2.31. The van der Waals surface area contributed by atoms with Crippen LogP contribution in [0.3, 0.4) is 0 Å². The Hall–Kier alpha value is -1.69. The molecule has 0 spiro atoms. The van der Waals surface area contributed by atoms with E-state index in [1.807, 2.05) is 13.8 Å². The molecule has 6 nitrogen and oxygen atoms in total. The van der Waals surface area contributed by atoms with Crippen molar-refractivity contribution in [1.29, 1.82) is 0 Å². The Balaban J connectivity index is 1.70. The van der Waals surface area contributed by atoms with Crippen LogP contribution in [-0.4, -0.2) is 37.4 Å². The van der Waals surface area contributed by atoms with E-state index in [9.17, 15) is 0 Å². The first-order valence-corrected chi connectivity index (χ1v) is 7.66. The van der Waals surface area contributed by atoms with Crippen LogP contribution in [0.2, 0.25) is 0 Å². The summed E-state index contributed by atoms with van der Waals surface area (Å²) in [6.45, 7) is 8.79. The number of hydrogen-bond donors (Lipinski definition) is 0. The fourth-order valence-corrected chi connectivity index (χ4v) is 3.11. The van der Waals surface area contributed by atoms with Crippen molar-refractivity contribution in [2.75, 3.05) is 6.54 Å². The molecule has 1 saturated heterocycles. The molecule has 0 radical (unpaired) electrons. The Kier molecular flexibility index (Phi) is 4.05. The standard InChI is InChI=1S/C15H23N5O/c1-11-8-12(2)20(17-11)9-14-6-4-5-7-19(14)10-15-16-13(3)18-21-15/h8,14H,4-7,9-10H2,1-3H3. The van der Waals surface area contributed by atoms with Gasteiger partial charge in [-0.05, 0) is 46.2 Å². The van der Waals surface area contributed by atoms with E-state index in [0.717, 1.165) is 25.3 Å². The highest BCUT2D eigenvalue weighted by atomic mass is 16.5. The van der Waals surface area contributed by atoms with Gasteiger partial charge in [-0.2, -0.15) is 10.1 Å². The van der Waals surface area contributed by atoms with Crippen LogP contribution in [0.15, 0.2) is 10.6 Å². The highest BCUT2D eigenvalue weighted by Crippen LogP contribution is 2.21. The maximum Gasteiger partial charge on any atom is 0.240 e. The largest absolute Gasteiger partial charge is 0.338 e. The topological polar surface area (TPSA) is 60.0 Å². The van der Waals surface area contributed by atoms with E-state index in [1.54, 1.807) is 0 Å². The number of aryl methyl sites for hydroxylation is 3. The molecule has 0 saturated carbocycles. The van der Waals surface area contributed by atoms with Crippen molar-refractivity contribution in [1.82, 2.24) is 24.8 Å². The minimum Gasteiger partial charge on any atom is -0.338 e. The van der Waals surface area contributed by atoms with E-state index in [2.05, 4.69) is 37.8 Å². The lowest BCUT2D eigenvalue weighted by atomic mass is 10.0. The molecule has 0 N–H and O–H groups in total. The van der Waals surface area contributed by atoms with E-state index in [4.69, 9.17) is 4.52 Å².